The van der Waals surface area contributed by atoms with Gasteiger partial charge >= 0.3 is 0 Å². The molecule has 2 fully saturated rings. The first-order chi connectivity index (χ1) is 22.1. The molecule has 14 heteroatoms. The number of benzene rings is 2. The zero-order chi connectivity index (χ0) is 32.2. The zero-order valence-electron chi connectivity index (χ0n) is 26.0. The number of halogens is 1. The summed E-state index contributed by atoms with van der Waals surface area (Å²) in [5.74, 6) is 1.47. The Morgan fingerprint density at radius 3 is 2.48 bits per heavy atom. The van der Waals surface area contributed by atoms with Crippen molar-refractivity contribution in [3.8, 4) is 16.9 Å². The molecular formula is C32H35BrN9O3P. The number of aryl methyl sites for hydroxylation is 1. The number of ether oxygens (including phenoxy) is 1. The van der Waals surface area contributed by atoms with Gasteiger partial charge in [-0.1, -0.05) is 0 Å². The molecule has 3 aromatic heterocycles. The molecule has 1 unspecified atom stereocenters. The third-order valence-corrected chi connectivity index (χ3v) is 10.8. The van der Waals surface area contributed by atoms with Crippen LogP contribution in [0.15, 0.2) is 59.7 Å². The first-order valence-corrected chi connectivity index (χ1v) is 18.5. The maximum absolute atomic E-state index is 13.5. The molecule has 0 saturated carbocycles. The number of aromatic nitrogens is 6. The Hall–Kier alpha value is -4.06. The van der Waals surface area contributed by atoms with Crippen LogP contribution in [0.4, 0.5) is 28.8 Å². The number of nitrogens with zero attached hydrogens (tertiary/aromatic N) is 7. The number of methoxy groups -OCH3 is 1. The minimum absolute atomic E-state index is 0.267. The Balaban J connectivity index is 1.27. The first-order valence-electron chi connectivity index (χ1n) is 15.1. The van der Waals surface area contributed by atoms with Crippen LogP contribution in [0.3, 0.4) is 0 Å². The van der Waals surface area contributed by atoms with Crippen molar-refractivity contribution in [2.75, 3.05) is 36.0 Å². The van der Waals surface area contributed by atoms with Crippen LogP contribution in [-0.4, -0.2) is 73.5 Å². The monoisotopic (exact) mass is 703 g/mol. The molecule has 0 aliphatic carbocycles. The number of hydrogen-bond donors (Lipinski definition) is 3. The molecule has 0 spiro atoms. The molecule has 3 N–H and O–H groups in total. The molecule has 46 heavy (non-hydrogen) atoms. The van der Waals surface area contributed by atoms with Crippen molar-refractivity contribution in [3.63, 3.8) is 0 Å². The number of fused-ring (bicyclic) bond motifs is 3. The molecule has 3 atom stereocenters. The van der Waals surface area contributed by atoms with Crippen LogP contribution >= 0.6 is 23.1 Å². The van der Waals surface area contributed by atoms with Crippen molar-refractivity contribution >= 4 is 68.2 Å². The van der Waals surface area contributed by atoms with Crippen molar-refractivity contribution in [2.45, 2.75) is 43.9 Å². The number of piperidine rings is 1. The normalized spacial score (nSPS) is 19.4. The highest BCUT2D eigenvalue weighted by molar-refractivity contribution is 9.10. The standard InChI is InChI=1S/C32H35BrN9O3P/c1-41-17-18(15-37-41)22-13-26(28(45-2)14-27(22)42-19-5-6-20(42)12-21(43)11-19)39-32-36-16-23(33)31(40-32)38-25-8-7-24-29(35-10-9-34-24)30(25)46(3,4)44/h7-10,13-17,19-21,43H,5-6,11-12H2,1-4H3,(H2,36,38,39,40)/t19-,20+,21?. The van der Waals surface area contributed by atoms with Crippen LogP contribution in [0, 0.1) is 0 Å². The van der Waals surface area contributed by atoms with Gasteiger partial charge in [0.2, 0.25) is 5.95 Å². The summed E-state index contributed by atoms with van der Waals surface area (Å²) in [5.41, 5.74) is 5.62. The van der Waals surface area contributed by atoms with E-state index in [1.165, 1.54) is 0 Å². The van der Waals surface area contributed by atoms with Crippen molar-refractivity contribution in [1.29, 1.82) is 0 Å². The summed E-state index contributed by atoms with van der Waals surface area (Å²) >= 11 is 3.58. The van der Waals surface area contributed by atoms with Crippen LogP contribution in [-0.2, 0) is 11.6 Å². The van der Waals surface area contributed by atoms with Crippen LogP contribution in [0.2, 0.25) is 0 Å². The van der Waals surface area contributed by atoms with Gasteiger partial charge in [0.25, 0.3) is 0 Å². The summed E-state index contributed by atoms with van der Waals surface area (Å²) in [5, 5.41) is 22.3. The van der Waals surface area contributed by atoms with Gasteiger partial charge in [0.1, 0.15) is 24.2 Å². The molecule has 2 bridgehead atoms. The molecule has 2 aliphatic rings. The summed E-state index contributed by atoms with van der Waals surface area (Å²) in [4.78, 5) is 20.7. The molecule has 5 aromatic rings. The fourth-order valence-corrected chi connectivity index (χ4v) is 8.50. The lowest BCUT2D eigenvalue weighted by molar-refractivity contribution is 0.126. The Morgan fingerprint density at radius 2 is 1.78 bits per heavy atom. The molecule has 12 nitrogen and oxygen atoms in total. The van der Waals surface area contributed by atoms with Gasteiger partial charge in [0.15, 0.2) is 0 Å². The summed E-state index contributed by atoms with van der Waals surface area (Å²) < 4.78 is 21.8. The van der Waals surface area contributed by atoms with Gasteiger partial charge in [0.05, 0.1) is 46.1 Å². The van der Waals surface area contributed by atoms with E-state index in [9.17, 15) is 9.67 Å². The van der Waals surface area contributed by atoms with Gasteiger partial charge in [-0.15, -0.1) is 0 Å². The summed E-state index contributed by atoms with van der Waals surface area (Å²) in [7, 11) is 0.783. The molecule has 2 aliphatic heterocycles. The van der Waals surface area contributed by atoms with E-state index in [-0.39, 0.29) is 18.2 Å². The number of nitrogens with one attached hydrogen (secondary N) is 2. The van der Waals surface area contributed by atoms with Gasteiger partial charge in [-0.05, 0) is 73.1 Å². The average Bonchev–Trinajstić information content (AvgIpc) is 3.57. The first kappa shape index (κ1) is 30.6. The van der Waals surface area contributed by atoms with E-state index in [0.29, 0.717) is 49.7 Å². The molecule has 0 amide bonds. The number of anilines is 5. The second-order valence-electron chi connectivity index (χ2n) is 12.3. The van der Waals surface area contributed by atoms with E-state index >= 15 is 0 Å². The van der Waals surface area contributed by atoms with Gasteiger partial charge in [-0.3, -0.25) is 14.6 Å². The smallest absolute Gasteiger partial charge is 0.229 e. The molecule has 238 valence electrons. The Morgan fingerprint density at radius 1 is 1.02 bits per heavy atom. The van der Waals surface area contributed by atoms with Gasteiger partial charge in [-0.25, -0.2) is 4.98 Å². The van der Waals surface area contributed by atoms with Gasteiger partial charge in [-0.2, -0.15) is 10.1 Å². The summed E-state index contributed by atoms with van der Waals surface area (Å²) in [6.45, 7) is 3.44. The minimum atomic E-state index is -2.77. The lowest BCUT2D eigenvalue weighted by atomic mass is 9.96. The predicted molar refractivity (Wildman–Crippen MR) is 185 cm³/mol. The van der Waals surface area contributed by atoms with Crippen LogP contribution < -0.4 is 25.6 Å². The number of aliphatic hydroxyl groups excluding tert-OH is 1. The molecule has 7 rings (SSSR count). The van der Waals surface area contributed by atoms with E-state index in [4.69, 9.17) is 9.72 Å². The maximum Gasteiger partial charge on any atom is 0.229 e. The van der Waals surface area contributed by atoms with E-state index in [2.05, 4.69) is 63.6 Å². The maximum atomic E-state index is 13.5. The molecule has 5 heterocycles. The van der Waals surface area contributed by atoms with Gasteiger partial charge in [0, 0.05) is 66.8 Å². The second-order valence-corrected chi connectivity index (χ2v) is 16.3. The van der Waals surface area contributed by atoms with E-state index in [0.717, 1.165) is 42.5 Å². The number of aliphatic hydroxyl groups is 1. The zero-order valence-corrected chi connectivity index (χ0v) is 28.5. The van der Waals surface area contributed by atoms with E-state index in [1.807, 2.05) is 31.6 Å². The van der Waals surface area contributed by atoms with Crippen molar-refractivity contribution in [3.05, 3.63) is 59.7 Å². The topological polar surface area (TPSA) is 143 Å². The quantitative estimate of drug-likeness (QED) is 0.168. The molecular weight excluding hydrogens is 669 g/mol. The molecule has 2 aromatic carbocycles. The van der Waals surface area contributed by atoms with Crippen LogP contribution in [0.25, 0.3) is 22.2 Å². The summed E-state index contributed by atoms with van der Waals surface area (Å²) in [6, 6.07) is 8.35. The third kappa shape index (κ3) is 5.72. The average molecular weight is 705 g/mol. The highest BCUT2D eigenvalue weighted by Gasteiger charge is 2.41. The highest BCUT2D eigenvalue weighted by Crippen LogP contribution is 2.47. The minimum Gasteiger partial charge on any atom is -0.494 e. The molecule has 2 saturated heterocycles. The van der Waals surface area contributed by atoms with Crippen LogP contribution in [0.1, 0.15) is 25.7 Å². The Bertz CT molecular complexity index is 1980. The second kappa shape index (κ2) is 11.9. The predicted octanol–water partition coefficient (Wildman–Crippen LogP) is 5.82. The van der Waals surface area contributed by atoms with Crippen molar-refractivity contribution < 1.29 is 14.4 Å². The fourth-order valence-electron chi connectivity index (χ4n) is 6.81. The summed E-state index contributed by atoms with van der Waals surface area (Å²) in [6.07, 6.45) is 12.1. The largest absolute Gasteiger partial charge is 0.494 e. The Kier molecular flexibility index (Phi) is 7.94. The lowest BCUT2D eigenvalue weighted by Crippen LogP contribution is -2.45. The van der Waals surface area contributed by atoms with E-state index < -0.39 is 7.14 Å². The fraction of sp³-hybridized carbons (Fsp3) is 0.344. The number of rotatable bonds is 8. The van der Waals surface area contributed by atoms with E-state index in [1.54, 1.807) is 43.7 Å². The SMILES string of the molecule is COc1cc(N2[C@@H]3CC[C@H]2CC(O)C3)c(-c2cnn(C)c2)cc1Nc1ncc(Br)c(Nc2ccc3nccnc3c2P(C)(C)=O)n1. The number of hydrogen-bond acceptors (Lipinski definition) is 11. The Labute approximate surface area is 275 Å². The lowest BCUT2D eigenvalue weighted by Gasteiger charge is -2.40. The third-order valence-electron chi connectivity index (χ3n) is 8.72. The van der Waals surface area contributed by atoms with Gasteiger partial charge < -0.3 is 29.9 Å². The highest BCUT2D eigenvalue weighted by atomic mass is 79.9. The van der Waals surface area contributed by atoms with Crippen molar-refractivity contribution in [2.24, 2.45) is 7.05 Å². The molecule has 0 radical (unpaired) electrons. The van der Waals surface area contributed by atoms with Crippen LogP contribution in [0.5, 0.6) is 5.75 Å². The van der Waals surface area contributed by atoms with Crippen molar-refractivity contribution in [1.82, 2.24) is 29.7 Å².